The van der Waals surface area contributed by atoms with Gasteiger partial charge < -0.3 is 25.0 Å². The van der Waals surface area contributed by atoms with Crippen LogP contribution in [0.2, 0.25) is 0 Å². The average Bonchev–Trinajstić information content (AvgIpc) is 3.56. The summed E-state index contributed by atoms with van der Waals surface area (Å²) in [4.78, 5) is 25.7. The Morgan fingerprint density at radius 1 is 0.848 bits per heavy atom. The van der Waals surface area contributed by atoms with Gasteiger partial charge in [0.2, 0.25) is 11.8 Å². The predicted molar refractivity (Wildman–Crippen MR) is 172 cm³/mol. The van der Waals surface area contributed by atoms with E-state index >= 15 is 0 Å². The summed E-state index contributed by atoms with van der Waals surface area (Å²) in [5.74, 6) is -0.527. The molecular weight excluding hydrogens is 586 g/mol. The minimum Gasteiger partial charge on any atom is -0.395 e. The quantitative estimate of drug-likeness (QED) is 0.0994. The van der Waals surface area contributed by atoms with E-state index < -0.39 is 12.2 Å². The van der Waals surface area contributed by atoms with Gasteiger partial charge in [0.15, 0.2) is 6.29 Å². The van der Waals surface area contributed by atoms with Crippen molar-refractivity contribution in [1.29, 1.82) is 0 Å². The number of carbonyl (C=O) groups is 2. The number of nitrogens with one attached hydrogen (secondary N) is 2. The molecule has 2 amide bonds. The van der Waals surface area contributed by atoms with Gasteiger partial charge in [-0.1, -0.05) is 66.7 Å². The van der Waals surface area contributed by atoms with Crippen LogP contribution in [-0.2, 0) is 32.2 Å². The molecule has 0 saturated carbocycles. The van der Waals surface area contributed by atoms with Gasteiger partial charge in [0.1, 0.15) is 0 Å². The number of unbranched alkanes of at least 4 members (excludes halogenated alkanes) is 1. The van der Waals surface area contributed by atoms with E-state index in [1.807, 2.05) is 54.6 Å². The number of hydrogen-bond donors (Lipinski definition) is 5. The second kappa shape index (κ2) is 16.8. The van der Waals surface area contributed by atoms with Crippen LogP contribution in [0.5, 0.6) is 0 Å². The van der Waals surface area contributed by atoms with Crippen molar-refractivity contribution in [3.05, 3.63) is 95.1 Å². The van der Waals surface area contributed by atoms with Crippen molar-refractivity contribution >= 4 is 11.8 Å². The Labute approximate surface area is 270 Å². The maximum absolute atomic E-state index is 12.3. The number of hydrogen-bond acceptors (Lipinski definition) is 8. The van der Waals surface area contributed by atoms with Crippen LogP contribution < -0.4 is 10.8 Å². The first-order valence-electron chi connectivity index (χ1n) is 16.2. The zero-order valence-corrected chi connectivity index (χ0v) is 26.1. The van der Waals surface area contributed by atoms with Crippen LogP contribution in [0.3, 0.4) is 0 Å². The summed E-state index contributed by atoms with van der Waals surface area (Å²) >= 11 is 0. The Morgan fingerprint density at radius 3 is 2.30 bits per heavy atom. The van der Waals surface area contributed by atoms with Crippen LogP contribution >= 0.6 is 0 Å². The van der Waals surface area contributed by atoms with Crippen molar-refractivity contribution in [1.82, 2.24) is 15.7 Å². The molecule has 0 aliphatic carbocycles. The highest BCUT2D eigenvalue weighted by atomic mass is 16.7. The van der Waals surface area contributed by atoms with Crippen LogP contribution in [0, 0.1) is 0 Å². The molecular formula is C36H45N3O7. The molecule has 246 valence electrons. The molecule has 3 aromatic carbocycles. The van der Waals surface area contributed by atoms with Crippen LogP contribution in [0.15, 0.2) is 72.8 Å². The third-order valence-electron chi connectivity index (χ3n) is 8.88. The van der Waals surface area contributed by atoms with Crippen molar-refractivity contribution < 1.29 is 34.5 Å². The van der Waals surface area contributed by atoms with Gasteiger partial charge in [-0.3, -0.25) is 19.7 Å². The lowest BCUT2D eigenvalue weighted by Gasteiger charge is -2.38. The topological polar surface area (TPSA) is 141 Å². The number of rotatable bonds is 14. The molecule has 2 heterocycles. The number of likely N-dealkylation sites (tertiary alicyclic amines) is 1. The van der Waals surface area contributed by atoms with Gasteiger partial charge in [-0.25, -0.2) is 5.48 Å². The molecule has 2 aliphatic heterocycles. The van der Waals surface area contributed by atoms with E-state index in [2.05, 4.69) is 28.4 Å². The third-order valence-corrected chi connectivity index (χ3v) is 8.88. The van der Waals surface area contributed by atoms with E-state index in [1.165, 1.54) is 0 Å². The second-order valence-electron chi connectivity index (χ2n) is 12.2. The number of aliphatic hydroxyl groups is 2. The van der Waals surface area contributed by atoms with Gasteiger partial charge >= 0.3 is 0 Å². The molecule has 0 bridgehead atoms. The van der Waals surface area contributed by atoms with Crippen molar-refractivity contribution in [3.63, 3.8) is 0 Å². The lowest BCUT2D eigenvalue weighted by atomic mass is 9.98. The Kier molecular flexibility index (Phi) is 12.3. The van der Waals surface area contributed by atoms with Gasteiger partial charge in [0.25, 0.3) is 0 Å². The number of aliphatic hydroxyl groups excluding tert-OH is 2. The Bertz CT molecular complexity index is 1420. The second-order valence-corrected chi connectivity index (χ2v) is 12.2. The van der Waals surface area contributed by atoms with Crippen LogP contribution in [0.4, 0.5) is 0 Å². The lowest BCUT2D eigenvalue weighted by Crippen LogP contribution is -2.42. The lowest BCUT2D eigenvalue weighted by molar-refractivity contribution is -0.253. The van der Waals surface area contributed by atoms with E-state index in [-0.39, 0.29) is 43.8 Å². The molecule has 2 aliphatic rings. The highest BCUT2D eigenvalue weighted by Gasteiger charge is 2.35. The Balaban J connectivity index is 1.23. The van der Waals surface area contributed by atoms with Crippen molar-refractivity contribution in [2.75, 3.05) is 19.7 Å². The Morgan fingerprint density at radius 2 is 1.59 bits per heavy atom. The molecule has 0 spiro atoms. The van der Waals surface area contributed by atoms with Crippen LogP contribution in [-0.4, -0.2) is 64.0 Å². The summed E-state index contributed by atoms with van der Waals surface area (Å²) in [7, 11) is 0. The van der Waals surface area contributed by atoms with Crippen LogP contribution in [0.25, 0.3) is 11.1 Å². The smallest absolute Gasteiger partial charge is 0.243 e. The SMILES string of the molecule is O=C(CCCCC(=O)NCc1cccc(-c2ccc([C@@H]3O[C@H](CN4CCC[C@H]4CO)C[C@H](c4ccc(CO)cc4)O3)cc2)c1)NO. The number of hydroxylamine groups is 1. The molecule has 10 heteroatoms. The van der Waals surface area contributed by atoms with Crippen molar-refractivity contribution in [2.24, 2.45) is 0 Å². The van der Waals surface area contributed by atoms with E-state index in [0.29, 0.717) is 32.2 Å². The third kappa shape index (κ3) is 9.22. The fraction of sp³-hybridized carbons (Fsp3) is 0.444. The molecule has 3 aromatic rings. The summed E-state index contributed by atoms with van der Waals surface area (Å²) in [5.41, 5.74) is 7.47. The van der Waals surface area contributed by atoms with E-state index in [4.69, 9.17) is 14.7 Å². The molecule has 0 unspecified atom stereocenters. The minimum atomic E-state index is -0.551. The summed E-state index contributed by atoms with van der Waals surface area (Å²) < 4.78 is 13.1. The average molecular weight is 632 g/mol. The number of nitrogens with zero attached hydrogens (tertiary/aromatic N) is 1. The van der Waals surface area contributed by atoms with Crippen LogP contribution in [0.1, 0.15) is 79.6 Å². The zero-order valence-electron chi connectivity index (χ0n) is 26.1. The fourth-order valence-electron chi connectivity index (χ4n) is 6.25. The first-order valence-corrected chi connectivity index (χ1v) is 16.2. The van der Waals surface area contributed by atoms with Crippen molar-refractivity contribution in [2.45, 2.75) is 82.6 Å². The molecule has 10 nitrogen and oxygen atoms in total. The van der Waals surface area contributed by atoms with Crippen molar-refractivity contribution in [3.8, 4) is 11.1 Å². The largest absolute Gasteiger partial charge is 0.395 e. The number of ether oxygens (including phenoxy) is 2. The number of amides is 2. The molecule has 2 saturated heterocycles. The molecule has 0 radical (unpaired) electrons. The van der Waals surface area contributed by atoms with Gasteiger partial charge in [-0.2, -0.15) is 0 Å². The van der Waals surface area contributed by atoms with Gasteiger partial charge in [0, 0.05) is 44.0 Å². The molecule has 0 aromatic heterocycles. The van der Waals surface area contributed by atoms with Gasteiger partial charge in [-0.05, 0) is 66.1 Å². The predicted octanol–water partition coefficient (Wildman–Crippen LogP) is 4.53. The van der Waals surface area contributed by atoms with Gasteiger partial charge in [0.05, 0.1) is 25.4 Å². The summed E-state index contributed by atoms with van der Waals surface area (Å²) in [6.07, 6.45) is 3.59. The monoisotopic (exact) mass is 631 g/mol. The maximum Gasteiger partial charge on any atom is 0.243 e. The molecule has 5 N–H and O–H groups in total. The molecule has 46 heavy (non-hydrogen) atoms. The number of benzene rings is 3. The highest BCUT2D eigenvalue weighted by Crippen LogP contribution is 2.39. The van der Waals surface area contributed by atoms with E-state index in [1.54, 1.807) is 5.48 Å². The van der Waals surface area contributed by atoms with E-state index in [9.17, 15) is 19.8 Å². The summed E-state index contributed by atoms with van der Waals surface area (Å²) in [5, 5.41) is 30.9. The molecule has 4 atom stereocenters. The first kappa shape index (κ1) is 33.7. The molecule has 5 rings (SSSR count). The summed E-state index contributed by atoms with van der Waals surface area (Å²) in [6.45, 7) is 2.24. The first-order chi connectivity index (χ1) is 22.4. The zero-order chi connectivity index (χ0) is 32.3. The number of carbonyl (C=O) groups excluding carboxylic acids is 2. The standard InChI is InChI=1S/C36H45N3O7/c40-23-25-10-12-28(13-11-25)33-20-32(22-39-18-4-7-31(39)24-41)45-36(46-33)29-16-14-27(15-17-29)30-6-3-5-26(19-30)21-37-34(42)8-1-2-9-35(43)38-44/h3,5-6,10-17,19,31-33,36,40-41,44H,1-2,4,7-9,18,20-24H2,(H,37,42)(H,38,43)/t31-,32-,33+,36+/m0/s1. The maximum atomic E-state index is 12.3. The van der Waals surface area contributed by atoms with E-state index in [0.717, 1.165) is 59.3 Å². The normalized spacial score (nSPS) is 21.6. The minimum absolute atomic E-state index is 0.00336. The molecule has 2 fully saturated rings. The van der Waals surface area contributed by atoms with Gasteiger partial charge in [-0.15, -0.1) is 0 Å². The Hall–Kier alpha value is -3.64. The highest BCUT2D eigenvalue weighted by molar-refractivity contribution is 5.76. The summed E-state index contributed by atoms with van der Waals surface area (Å²) in [6, 6.07) is 24.3. The fourth-order valence-corrected chi connectivity index (χ4v) is 6.25.